The van der Waals surface area contributed by atoms with Gasteiger partial charge in [0.2, 0.25) is 0 Å². The molecule has 0 saturated carbocycles. The highest BCUT2D eigenvalue weighted by atomic mass is 35.5. The van der Waals surface area contributed by atoms with Gasteiger partial charge in [0, 0.05) is 11.3 Å². The molecule has 0 unspecified atom stereocenters. The van der Waals surface area contributed by atoms with Crippen LogP contribution in [0.5, 0.6) is 11.5 Å². The number of carbonyl (C=O) groups is 2. The van der Waals surface area contributed by atoms with Gasteiger partial charge in [-0.2, -0.15) is 5.10 Å². The number of halogens is 2. The van der Waals surface area contributed by atoms with E-state index in [0.717, 1.165) is 5.56 Å². The predicted molar refractivity (Wildman–Crippen MR) is 120 cm³/mol. The Bertz CT molecular complexity index is 1140. The minimum atomic E-state index is -0.971. The van der Waals surface area contributed by atoms with Crippen molar-refractivity contribution in [2.45, 2.75) is 6.61 Å². The molecule has 7 nitrogen and oxygen atoms in total. The van der Waals surface area contributed by atoms with Crippen molar-refractivity contribution in [2.24, 2.45) is 5.10 Å². The maximum absolute atomic E-state index is 12.9. The van der Waals surface area contributed by atoms with Crippen LogP contribution in [0.2, 0.25) is 5.02 Å². The zero-order chi connectivity index (χ0) is 22.9. The van der Waals surface area contributed by atoms with Gasteiger partial charge in [-0.1, -0.05) is 23.7 Å². The number of rotatable bonds is 7. The highest BCUT2D eigenvalue weighted by Crippen LogP contribution is 2.26. The number of nitrogens with zero attached hydrogens (tertiary/aromatic N) is 1. The summed E-state index contributed by atoms with van der Waals surface area (Å²) in [6.45, 7) is 0.195. The predicted octanol–water partition coefficient (Wildman–Crippen LogP) is 4.16. The molecule has 0 bridgehead atoms. The van der Waals surface area contributed by atoms with Crippen molar-refractivity contribution in [3.8, 4) is 11.5 Å². The molecule has 0 atom stereocenters. The average Bonchev–Trinajstić information content (AvgIpc) is 2.80. The summed E-state index contributed by atoms with van der Waals surface area (Å²) < 4.78 is 24.0. The van der Waals surface area contributed by atoms with E-state index in [0.29, 0.717) is 22.1 Å². The van der Waals surface area contributed by atoms with Crippen molar-refractivity contribution in [2.75, 3.05) is 12.4 Å². The van der Waals surface area contributed by atoms with Gasteiger partial charge in [-0.25, -0.2) is 9.82 Å². The molecule has 3 aromatic rings. The average molecular weight is 456 g/mol. The highest BCUT2D eigenvalue weighted by Gasteiger charge is 2.13. The van der Waals surface area contributed by atoms with E-state index in [1.807, 2.05) is 6.07 Å². The second kappa shape index (κ2) is 10.9. The maximum Gasteiger partial charge on any atom is 0.329 e. The van der Waals surface area contributed by atoms with Crippen LogP contribution in [0.4, 0.5) is 10.1 Å². The third kappa shape index (κ3) is 6.29. The smallest absolute Gasteiger partial charge is 0.329 e. The standard InChI is InChI=1S/C23H19ClFN3O4/c1-31-20-11-6-15(12-16(20)14-32-21-5-3-2-4-19(21)24)13-26-28-23(30)22(29)27-18-9-7-17(25)8-10-18/h2-13H,14H2,1H3,(H,27,29)(H,28,30)/b26-13+. The number of methoxy groups -OCH3 is 1. The number of amides is 2. The summed E-state index contributed by atoms with van der Waals surface area (Å²) in [7, 11) is 1.54. The fourth-order valence-electron chi connectivity index (χ4n) is 2.65. The van der Waals surface area contributed by atoms with Crippen LogP contribution in [0.1, 0.15) is 11.1 Å². The van der Waals surface area contributed by atoms with Crippen molar-refractivity contribution in [3.63, 3.8) is 0 Å². The maximum atomic E-state index is 12.9. The Morgan fingerprint density at radius 3 is 2.50 bits per heavy atom. The third-order valence-corrected chi connectivity index (χ3v) is 4.52. The lowest BCUT2D eigenvalue weighted by molar-refractivity contribution is -0.136. The summed E-state index contributed by atoms with van der Waals surface area (Å²) >= 11 is 6.11. The van der Waals surface area contributed by atoms with E-state index in [9.17, 15) is 14.0 Å². The Labute approximate surface area is 188 Å². The third-order valence-electron chi connectivity index (χ3n) is 4.21. The number of hydrazone groups is 1. The molecule has 0 fully saturated rings. The van der Waals surface area contributed by atoms with Crippen LogP contribution in [-0.4, -0.2) is 25.1 Å². The van der Waals surface area contributed by atoms with Crippen molar-refractivity contribution in [1.29, 1.82) is 0 Å². The number of hydrogen-bond donors (Lipinski definition) is 2. The molecule has 0 radical (unpaired) electrons. The number of para-hydroxylation sites is 1. The number of hydrogen-bond acceptors (Lipinski definition) is 5. The van der Waals surface area contributed by atoms with Crippen LogP contribution in [0.15, 0.2) is 71.8 Å². The molecule has 3 rings (SSSR count). The van der Waals surface area contributed by atoms with E-state index in [1.165, 1.54) is 30.5 Å². The molecule has 0 saturated heterocycles. The monoisotopic (exact) mass is 455 g/mol. The zero-order valence-electron chi connectivity index (χ0n) is 17.0. The van der Waals surface area contributed by atoms with Gasteiger partial charge in [0.25, 0.3) is 0 Å². The molecule has 32 heavy (non-hydrogen) atoms. The van der Waals surface area contributed by atoms with Crippen LogP contribution in [-0.2, 0) is 16.2 Å². The highest BCUT2D eigenvalue weighted by molar-refractivity contribution is 6.39. The van der Waals surface area contributed by atoms with Gasteiger partial charge >= 0.3 is 11.8 Å². The molecule has 0 aliphatic heterocycles. The largest absolute Gasteiger partial charge is 0.496 e. The molecule has 0 heterocycles. The van der Waals surface area contributed by atoms with Crippen molar-refractivity contribution in [1.82, 2.24) is 5.43 Å². The van der Waals surface area contributed by atoms with Gasteiger partial charge in [0.1, 0.15) is 23.9 Å². The van der Waals surface area contributed by atoms with E-state index in [2.05, 4.69) is 15.8 Å². The SMILES string of the molecule is COc1ccc(/C=N/NC(=O)C(=O)Nc2ccc(F)cc2)cc1COc1ccccc1Cl. The molecule has 2 amide bonds. The Balaban J connectivity index is 1.60. The van der Waals surface area contributed by atoms with E-state index in [4.69, 9.17) is 21.1 Å². The van der Waals surface area contributed by atoms with Gasteiger partial charge in [-0.15, -0.1) is 0 Å². The van der Waals surface area contributed by atoms with Gasteiger partial charge in [0.15, 0.2) is 0 Å². The molecule has 3 aromatic carbocycles. The first kappa shape index (κ1) is 22.8. The van der Waals surface area contributed by atoms with Gasteiger partial charge < -0.3 is 14.8 Å². The Morgan fingerprint density at radius 1 is 1.03 bits per heavy atom. The summed E-state index contributed by atoms with van der Waals surface area (Å²) in [5.41, 5.74) is 3.80. The van der Waals surface area contributed by atoms with E-state index < -0.39 is 17.6 Å². The lowest BCUT2D eigenvalue weighted by atomic mass is 10.1. The number of anilines is 1. The van der Waals surface area contributed by atoms with E-state index in [1.54, 1.807) is 43.5 Å². The first-order chi connectivity index (χ1) is 15.5. The molecular formula is C23H19ClFN3O4. The number of nitrogens with one attached hydrogen (secondary N) is 2. The van der Waals surface area contributed by atoms with Crippen LogP contribution >= 0.6 is 11.6 Å². The van der Waals surface area contributed by atoms with E-state index >= 15 is 0 Å². The van der Waals surface area contributed by atoms with Crippen LogP contribution in [0.3, 0.4) is 0 Å². The van der Waals surface area contributed by atoms with Crippen molar-refractivity contribution < 1.29 is 23.5 Å². The summed E-state index contributed by atoms with van der Waals surface area (Å²) in [6, 6.07) is 17.4. The molecule has 0 spiro atoms. The normalized spacial score (nSPS) is 10.6. The lowest BCUT2D eigenvalue weighted by Crippen LogP contribution is -2.32. The van der Waals surface area contributed by atoms with Gasteiger partial charge in [-0.05, 0) is 60.2 Å². The number of benzene rings is 3. The van der Waals surface area contributed by atoms with Gasteiger partial charge in [-0.3, -0.25) is 9.59 Å². The Kier molecular flexibility index (Phi) is 7.77. The minimum absolute atomic E-state index is 0.195. The number of carbonyl (C=O) groups excluding carboxylic acids is 2. The van der Waals surface area contributed by atoms with Crippen LogP contribution < -0.4 is 20.2 Å². The molecule has 164 valence electrons. The fourth-order valence-corrected chi connectivity index (χ4v) is 2.84. The summed E-state index contributed by atoms with van der Waals surface area (Å²) in [6.07, 6.45) is 1.38. The Morgan fingerprint density at radius 2 is 1.78 bits per heavy atom. The Hall–Kier alpha value is -3.91. The van der Waals surface area contributed by atoms with Gasteiger partial charge in [0.05, 0.1) is 18.3 Å². The number of ether oxygens (including phenoxy) is 2. The van der Waals surface area contributed by atoms with Crippen LogP contribution in [0, 0.1) is 5.82 Å². The first-order valence-electron chi connectivity index (χ1n) is 9.40. The van der Waals surface area contributed by atoms with Crippen LogP contribution in [0.25, 0.3) is 0 Å². The minimum Gasteiger partial charge on any atom is -0.496 e. The van der Waals surface area contributed by atoms with Crippen molar-refractivity contribution in [3.05, 3.63) is 88.7 Å². The summed E-state index contributed by atoms with van der Waals surface area (Å²) in [5, 5.41) is 6.63. The quantitative estimate of drug-likeness (QED) is 0.318. The molecule has 0 aliphatic carbocycles. The molecular weight excluding hydrogens is 437 g/mol. The second-order valence-electron chi connectivity index (χ2n) is 6.45. The lowest BCUT2D eigenvalue weighted by Gasteiger charge is -2.12. The molecule has 9 heteroatoms. The first-order valence-corrected chi connectivity index (χ1v) is 9.78. The van der Waals surface area contributed by atoms with Crippen molar-refractivity contribution >= 4 is 35.3 Å². The summed E-state index contributed by atoms with van der Waals surface area (Å²) in [4.78, 5) is 23.8. The summed E-state index contributed by atoms with van der Waals surface area (Å²) in [5.74, 6) is -1.21. The van der Waals surface area contributed by atoms with E-state index in [-0.39, 0.29) is 12.3 Å². The molecule has 0 aromatic heterocycles. The molecule has 2 N–H and O–H groups in total. The second-order valence-corrected chi connectivity index (χ2v) is 6.86. The molecule has 0 aliphatic rings. The fraction of sp³-hybridized carbons (Fsp3) is 0.0870. The topological polar surface area (TPSA) is 89.0 Å². The zero-order valence-corrected chi connectivity index (χ0v) is 17.7.